The molecule has 0 unspecified atom stereocenters. The summed E-state index contributed by atoms with van der Waals surface area (Å²) in [7, 11) is 1.61. The summed E-state index contributed by atoms with van der Waals surface area (Å²) in [6.07, 6.45) is 5.20. The molecule has 3 aromatic rings. The highest BCUT2D eigenvalue weighted by Gasteiger charge is 2.20. The van der Waals surface area contributed by atoms with Crippen LogP contribution in [0.5, 0.6) is 0 Å². The second-order valence-corrected chi connectivity index (χ2v) is 6.48. The van der Waals surface area contributed by atoms with Gasteiger partial charge < -0.3 is 20.2 Å². The van der Waals surface area contributed by atoms with Crippen molar-refractivity contribution in [2.75, 3.05) is 13.6 Å². The number of carbonyl (C=O) groups is 2. The molecule has 0 saturated heterocycles. The normalized spacial score (nSPS) is 10.6. The first-order valence-electron chi connectivity index (χ1n) is 8.76. The Bertz CT molecular complexity index is 1030. The lowest BCUT2D eigenvalue weighted by atomic mass is 10.1. The third-order valence-corrected chi connectivity index (χ3v) is 4.41. The summed E-state index contributed by atoms with van der Waals surface area (Å²) in [4.78, 5) is 45.8. The first-order valence-corrected chi connectivity index (χ1v) is 8.76. The van der Waals surface area contributed by atoms with Gasteiger partial charge in [-0.3, -0.25) is 14.4 Å². The molecule has 2 aromatic heterocycles. The fourth-order valence-corrected chi connectivity index (χ4v) is 2.84. The Balaban J connectivity index is 1.89. The Morgan fingerprint density at radius 2 is 2.00 bits per heavy atom. The van der Waals surface area contributed by atoms with Crippen LogP contribution in [0.4, 0.5) is 0 Å². The number of nitrogens with one attached hydrogen (secondary N) is 1. The number of H-pyrrole nitrogens is 1. The van der Waals surface area contributed by atoms with Crippen molar-refractivity contribution < 1.29 is 9.59 Å². The highest BCUT2D eigenvalue weighted by atomic mass is 16.2. The molecule has 1 aromatic carbocycles. The van der Waals surface area contributed by atoms with Gasteiger partial charge in [0.2, 0.25) is 5.91 Å². The number of carbonyl (C=O) groups excluding carboxylic acids is 2. The molecule has 0 bridgehead atoms. The minimum absolute atomic E-state index is 0.0839. The fourth-order valence-electron chi connectivity index (χ4n) is 2.84. The summed E-state index contributed by atoms with van der Waals surface area (Å²) in [5.41, 5.74) is 6.72. The molecule has 0 aliphatic rings. The van der Waals surface area contributed by atoms with E-state index in [0.29, 0.717) is 13.0 Å². The Kier molecular flexibility index (Phi) is 5.69. The van der Waals surface area contributed by atoms with Gasteiger partial charge in [0, 0.05) is 38.1 Å². The van der Waals surface area contributed by atoms with E-state index in [1.165, 1.54) is 21.7 Å². The number of aromatic nitrogens is 3. The second kappa shape index (κ2) is 8.34. The van der Waals surface area contributed by atoms with Crippen LogP contribution in [-0.2, 0) is 13.0 Å². The molecule has 3 N–H and O–H groups in total. The Hall–Kier alpha value is -3.68. The van der Waals surface area contributed by atoms with E-state index in [9.17, 15) is 14.4 Å². The van der Waals surface area contributed by atoms with Crippen molar-refractivity contribution in [3.05, 3.63) is 87.9 Å². The van der Waals surface area contributed by atoms with E-state index < -0.39 is 17.4 Å². The fraction of sp³-hybridized carbons (Fsp3) is 0.200. The first-order chi connectivity index (χ1) is 13.5. The molecule has 144 valence electrons. The van der Waals surface area contributed by atoms with Crippen molar-refractivity contribution >= 4 is 11.8 Å². The molecule has 2 amide bonds. The molecule has 8 nitrogen and oxygen atoms in total. The lowest BCUT2D eigenvalue weighted by Gasteiger charge is -2.18. The van der Waals surface area contributed by atoms with Crippen molar-refractivity contribution in [2.24, 2.45) is 5.73 Å². The first kappa shape index (κ1) is 19.1. The number of hydrogen-bond acceptors (Lipinski definition) is 4. The van der Waals surface area contributed by atoms with E-state index >= 15 is 0 Å². The number of nitrogens with zero attached hydrogens (tertiary/aromatic N) is 3. The molecule has 2 heterocycles. The van der Waals surface area contributed by atoms with Crippen LogP contribution in [0, 0.1) is 0 Å². The van der Waals surface area contributed by atoms with Crippen LogP contribution < -0.4 is 11.3 Å². The number of aromatic amines is 1. The molecule has 0 spiro atoms. The van der Waals surface area contributed by atoms with Crippen LogP contribution >= 0.6 is 0 Å². The van der Waals surface area contributed by atoms with Crippen molar-refractivity contribution in [3.8, 4) is 0 Å². The zero-order valence-corrected chi connectivity index (χ0v) is 15.5. The van der Waals surface area contributed by atoms with E-state index in [2.05, 4.69) is 9.97 Å². The quantitative estimate of drug-likeness (QED) is 0.638. The van der Waals surface area contributed by atoms with Gasteiger partial charge in [-0.05, 0) is 11.6 Å². The Labute approximate surface area is 161 Å². The number of primary amides is 1. The Morgan fingerprint density at radius 1 is 1.25 bits per heavy atom. The summed E-state index contributed by atoms with van der Waals surface area (Å²) in [5.74, 6) is -1.16. The lowest BCUT2D eigenvalue weighted by molar-refractivity contribution is 0.0794. The molecule has 28 heavy (non-hydrogen) atoms. The van der Waals surface area contributed by atoms with Gasteiger partial charge in [-0.25, -0.2) is 4.98 Å². The Morgan fingerprint density at radius 3 is 2.64 bits per heavy atom. The van der Waals surface area contributed by atoms with Gasteiger partial charge in [0.1, 0.15) is 5.56 Å². The highest BCUT2D eigenvalue weighted by Crippen LogP contribution is 2.07. The number of amides is 2. The predicted molar refractivity (Wildman–Crippen MR) is 104 cm³/mol. The monoisotopic (exact) mass is 379 g/mol. The zero-order chi connectivity index (χ0) is 20.1. The number of pyridine rings is 1. The van der Waals surface area contributed by atoms with Crippen LogP contribution in [-0.4, -0.2) is 44.8 Å². The van der Waals surface area contributed by atoms with Crippen molar-refractivity contribution in [1.29, 1.82) is 0 Å². The smallest absolute Gasteiger partial charge is 0.263 e. The number of benzene rings is 1. The van der Waals surface area contributed by atoms with Gasteiger partial charge >= 0.3 is 0 Å². The SMILES string of the molecule is CN(CCc1cnc[nH]1)C(=O)c1cc(C(N)=O)cn(Cc2ccccc2)c1=O. The van der Waals surface area contributed by atoms with Crippen molar-refractivity contribution in [3.63, 3.8) is 0 Å². The summed E-state index contributed by atoms with van der Waals surface area (Å²) >= 11 is 0. The molecule has 0 radical (unpaired) electrons. The summed E-state index contributed by atoms with van der Waals surface area (Å²) < 4.78 is 1.34. The number of nitrogens with two attached hydrogens (primary N) is 1. The van der Waals surface area contributed by atoms with Crippen LogP contribution in [0.1, 0.15) is 32.0 Å². The lowest BCUT2D eigenvalue weighted by Crippen LogP contribution is -2.36. The average Bonchev–Trinajstić information content (AvgIpc) is 3.21. The maximum Gasteiger partial charge on any atom is 0.263 e. The standard InChI is InChI=1S/C20H21N5O3/c1-24(8-7-16-10-22-13-23-16)19(27)17-9-15(18(21)26)12-25(20(17)28)11-14-5-3-2-4-6-14/h2-6,9-10,12-13H,7-8,11H2,1H3,(H2,21,26)(H,22,23). The molecule has 0 fully saturated rings. The van der Waals surface area contributed by atoms with Gasteiger partial charge in [0.15, 0.2) is 0 Å². The van der Waals surface area contributed by atoms with Crippen LogP contribution in [0.2, 0.25) is 0 Å². The minimum atomic E-state index is -0.698. The van der Waals surface area contributed by atoms with E-state index in [0.717, 1.165) is 11.3 Å². The zero-order valence-electron chi connectivity index (χ0n) is 15.5. The molecular formula is C20H21N5O3. The van der Waals surface area contributed by atoms with Gasteiger partial charge in [-0.2, -0.15) is 0 Å². The topological polar surface area (TPSA) is 114 Å². The van der Waals surface area contributed by atoms with E-state index in [1.54, 1.807) is 19.6 Å². The van der Waals surface area contributed by atoms with Gasteiger partial charge in [0.25, 0.3) is 11.5 Å². The molecular weight excluding hydrogens is 358 g/mol. The molecule has 0 saturated carbocycles. The van der Waals surface area contributed by atoms with Crippen LogP contribution in [0.15, 0.2) is 59.9 Å². The third kappa shape index (κ3) is 4.35. The van der Waals surface area contributed by atoms with Crippen molar-refractivity contribution in [1.82, 2.24) is 19.4 Å². The molecule has 8 heteroatoms. The van der Waals surface area contributed by atoms with Crippen molar-refractivity contribution in [2.45, 2.75) is 13.0 Å². The van der Waals surface area contributed by atoms with E-state index in [-0.39, 0.29) is 17.7 Å². The molecule has 0 aliphatic carbocycles. The molecule has 0 atom stereocenters. The van der Waals surface area contributed by atoms with E-state index in [1.807, 2.05) is 30.3 Å². The predicted octanol–water partition coefficient (Wildman–Crippen LogP) is 1.03. The molecule has 0 aliphatic heterocycles. The third-order valence-electron chi connectivity index (χ3n) is 4.41. The summed E-state index contributed by atoms with van der Waals surface area (Å²) in [5, 5.41) is 0. The maximum absolute atomic E-state index is 12.9. The number of hydrogen-bond donors (Lipinski definition) is 2. The minimum Gasteiger partial charge on any atom is -0.366 e. The maximum atomic E-state index is 12.9. The summed E-state index contributed by atoms with van der Waals surface area (Å²) in [6, 6.07) is 10.6. The van der Waals surface area contributed by atoms with Crippen LogP contribution in [0.3, 0.4) is 0 Å². The number of likely N-dealkylation sites (N-methyl/N-ethyl adjacent to an activating group) is 1. The largest absolute Gasteiger partial charge is 0.366 e. The number of imidazole rings is 1. The van der Waals surface area contributed by atoms with Gasteiger partial charge in [0.05, 0.1) is 18.4 Å². The highest BCUT2D eigenvalue weighted by molar-refractivity contribution is 5.98. The second-order valence-electron chi connectivity index (χ2n) is 6.48. The van der Waals surface area contributed by atoms with Gasteiger partial charge in [-0.1, -0.05) is 30.3 Å². The average molecular weight is 379 g/mol. The molecule has 3 rings (SSSR count). The van der Waals surface area contributed by atoms with Gasteiger partial charge in [-0.15, -0.1) is 0 Å². The van der Waals surface area contributed by atoms with Crippen LogP contribution in [0.25, 0.3) is 0 Å². The van der Waals surface area contributed by atoms with E-state index in [4.69, 9.17) is 5.73 Å². The number of rotatable bonds is 7. The summed E-state index contributed by atoms with van der Waals surface area (Å²) in [6.45, 7) is 0.624.